The van der Waals surface area contributed by atoms with Crippen LogP contribution in [0.5, 0.6) is 0 Å². The summed E-state index contributed by atoms with van der Waals surface area (Å²) >= 11 is 0. The van der Waals surface area contributed by atoms with Crippen molar-refractivity contribution in [3.63, 3.8) is 0 Å². The van der Waals surface area contributed by atoms with E-state index in [1.54, 1.807) is 0 Å². The van der Waals surface area contributed by atoms with Crippen molar-refractivity contribution in [3.8, 4) is 0 Å². The summed E-state index contributed by atoms with van der Waals surface area (Å²) in [5.74, 6) is 1.22. The minimum absolute atomic E-state index is 0.441. The Hall–Kier alpha value is -1.52. The molecular formula is C9H15N5. The van der Waals surface area contributed by atoms with Crippen LogP contribution in [0.3, 0.4) is 0 Å². The molecule has 1 aliphatic carbocycles. The first-order valence-corrected chi connectivity index (χ1v) is 4.91. The quantitative estimate of drug-likeness (QED) is 0.551. The van der Waals surface area contributed by atoms with E-state index in [1.165, 1.54) is 0 Å². The van der Waals surface area contributed by atoms with Crippen LogP contribution in [0.25, 0.3) is 0 Å². The zero-order valence-corrected chi connectivity index (χ0v) is 8.27. The Kier molecular flexibility index (Phi) is 2.39. The number of aryl methyl sites for hydroxylation is 1. The van der Waals surface area contributed by atoms with Crippen LogP contribution in [0.1, 0.15) is 19.8 Å². The molecule has 0 bridgehead atoms. The molecular weight excluding hydrogens is 178 g/mol. The molecule has 0 aliphatic heterocycles. The van der Waals surface area contributed by atoms with Crippen molar-refractivity contribution in [3.05, 3.63) is 12.3 Å². The van der Waals surface area contributed by atoms with Crippen LogP contribution in [-0.2, 0) is 6.54 Å². The molecule has 1 aromatic rings. The maximum atomic E-state index is 5.69. The van der Waals surface area contributed by atoms with Gasteiger partial charge < -0.3 is 11.1 Å². The van der Waals surface area contributed by atoms with Crippen molar-refractivity contribution in [2.24, 2.45) is 10.7 Å². The minimum atomic E-state index is 0.441. The van der Waals surface area contributed by atoms with Gasteiger partial charge in [-0.15, -0.1) is 0 Å². The van der Waals surface area contributed by atoms with Crippen molar-refractivity contribution in [1.29, 1.82) is 0 Å². The number of nitrogens with zero attached hydrogens (tertiary/aromatic N) is 3. The molecule has 0 radical (unpaired) electrons. The van der Waals surface area contributed by atoms with Gasteiger partial charge in [0.05, 0.1) is 6.04 Å². The van der Waals surface area contributed by atoms with Crippen LogP contribution in [0, 0.1) is 0 Å². The number of nitrogens with one attached hydrogen (secondary N) is 1. The predicted molar refractivity (Wildman–Crippen MR) is 56.2 cm³/mol. The zero-order chi connectivity index (χ0) is 9.97. The monoisotopic (exact) mass is 193 g/mol. The van der Waals surface area contributed by atoms with Crippen molar-refractivity contribution in [2.75, 3.05) is 5.32 Å². The molecule has 0 unspecified atom stereocenters. The molecule has 2 rings (SSSR count). The maximum absolute atomic E-state index is 5.69. The number of hydrogen-bond acceptors (Lipinski definition) is 2. The molecule has 0 saturated heterocycles. The van der Waals surface area contributed by atoms with Crippen molar-refractivity contribution >= 4 is 11.8 Å². The van der Waals surface area contributed by atoms with E-state index in [1.807, 2.05) is 23.9 Å². The number of guanidine groups is 1. The van der Waals surface area contributed by atoms with Crippen LogP contribution in [0.4, 0.5) is 5.82 Å². The average molecular weight is 193 g/mol. The molecule has 5 nitrogen and oxygen atoms in total. The SMILES string of the molecule is CCn1ccc(NC(N)=NC2CC2)n1. The Labute approximate surface area is 83.0 Å². The van der Waals surface area contributed by atoms with E-state index in [0.717, 1.165) is 25.2 Å². The molecule has 1 saturated carbocycles. The molecule has 14 heavy (non-hydrogen) atoms. The number of rotatable bonds is 3. The normalized spacial score (nSPS) is 17.1. The van der Waals surface area contributed by atoms with Crippen molar-refractivity contribution < 1.29 is 0 Å². The van der Waals surface area contributed by atoms with Crippen LogP contribution >= 0.6 is 0 Å². The maximum Gasteiger partial charge on any atom is 0.194 e. The number of hydrogen-bond donors (Lipinski definition) is 2. The summed E-state index contributed by atoms with van der Waals surface area (Å²) in [7, 11) is 0. The van der Waals surface area contributed by atoms with E-state index in [9.17, 15) is 0 Å². The summed E-state index contributed by atoms with van der Waals surface area (Å²) in [4.78, 5) is 4.25. The molecule has 1 heterocycles. The summed E-state index contributed by atoms with van der Waals surface area (Å²) in [5.41, 5.74) is 5.69. The highest BCUT2D eigenvalue weighted by Crippen LogP contribution is 2.23. The van der Waals surface area contributed by atoms with Gasteiger partial charge in [-0.25, -0.2) is 4.99 Å². The molecule has 0 spiro atoms. The fraction of sp³-hybridized carbons (Fsp3) is 0.556. The third kappa shape index (κ3) is 2.25. The van der Waals surface area contributed by atoms with Gasteiger partial charge in [-0.05, 0) is 19.8 Å². The predicted octanol–water partition coefficient (Wildman–Crippen LogP) is 0.792. The van der Waals surface area contributed by atoms with Gasteiger partial charge in [-0.3, -0.25) is 4.68 Å². The van der Waals surface area contributed by atoms with Gasteiger partial charge in [0.1, 0.15) is 0 Å². The molecule has 1 aliphatic rings. The molecule has 0 atom stereocenters. The zero-order valence-electron chi connectivity index (χ0n) is 8.27. The van der Waals surface area contributed by atoms with Gasteiger partial charge in [-0.1, -0.05) is 0 Å². The Morgan fingerprint density at radius 2 is 2.57 bits per heavy atom. The lowest BCUT2D eigenvalue weighted by Crippen LogP contribution is -2.23. The van der Waals surface area contributed by atoms with Gasteiger partial charge in [0.25, 0.3) is 0 Å². The fourth-order valence-electron chi connectivity index (χ4n) is 1.17. The summed E-state index contributed by atoms with van der Waals surface area (Å²) in [6, 6.07) is 2.33. The molecule has 0 amide bonds. The standard InChI is InChI=1S/C9H15N5/c1-2-14-6-5-8(13-14)12-9(10)11-7-3-4-7/h5-7H,2-4H2,1H3,(H3,10,11,12,13). The number of anilines is 1. The average Bonchev–Trinajstić information content (AvgIpc) is 2.83. The highest BCUT2D eigenvalue weighted by atomic mass is 15.3. The van der Waals surface area contributed by atoms with E-state index in [-0.39, 0.29) is 0 Å². The molecule has 5 heteroatoms. The summed E-state index contributed by atoms with van der Waals surface area (Å²) in [6.45, 7) is 2.90. The third-order valence-corrected chi connectivity index (χ3v) is 2.09. The summed E-state index contributed by atoms with van der Waals surface area (Å²) in [5, 5.41) is 7.20. The second-order valence-electron chi connectivity index (χ2n) is 3.43. The first-order chi connectivity index (χ1) is 6.78. The number of aliphatic imine (C=N–C) groups is 1. The van der Waals surface area contributed by atoms with Crippen LogP contribution in [-0.4, -0.2) is 21.8 Å². The van der Waals surface area contributed by atoms with Gasteiger partial charge in [0, 0.05) is 18.8 Å². The minimum Gasteiger partial charge on any atom is -0.370 e. The molecule has 1 fully saturated rings. The van der Waals surface area contributed by atoms with E-state index in [2.05, 4.69) is 15.4 Å². The topological polar surface area (TPSA) is 68.2 Å². The Morgan fingerprint density at radius 1 is 1.79 bits per heavy atom. The number of nitrogens with two attached hydrogens (primary N) is 1. The fourth-order valence-corrected chi connectivity index (χ4v) is 1.17. The molecule has 0 aromatic carbocycles. The van der Waals surface area contributed by atoms with Crippen LogP contribution in [0.2, 0.25) is 0 Å². The largest absolute Gasteiger partial charge is 0.370 e. The lowest BCUT2D eigenvalue weighted by atomic mass is 10.6. The first-order valence-electron chi connectivity index (χ1n) is 4.91. The van der Waals surface area contributed by atoms with Gasteiger partial charge in [0.15, 0.2) is 11.8 Å². The lowest BCUT2D eigenvalue weighted by Gasteiger charge is -2.00. The second-order valence-corrected chi connectivity index (χ2v) is 3.43. The second kappa shape index (κ2) is 3.69. The molecule has 1 aromatic heterocycles. The van der Waals surface area contributed by atoms with E-state index in [4.69, 9.17) is 5.73 Å². The molecule has 3 N–H and O–H groups in total. The lowest BCUT2D eigenvalue weighted by molar-refractivity contribution is 0.662. The number of aromatic nitrogens is 2. The first kappa shape index (κ1) is 9.05. The summed E-state index contributed by atoms with van der Waals surface area (Å²) < 4.78 is 1.84. The van der Waals surface area contributed by atoms with Gasteiger partial charge in [-0.2, -0.15) is 5.10 Å². The Bertz CT molecular complexity index is 337. The van der Waals surface area contributed by atoms with Crippen LogP contribution < -0.4 is 11.1 Å². The van der Waals surface area contributed by atoms with Crippen molar-refractivity contribution in [1.82, 2.24) is 9.78 Å². The van der Waals surface area contributed by atoms with E-state index in [0.29, 0.717) is 12.0 Å². The Morgan fingerprint density at radius 3 is 3.14 bits per heavy atom. The Balaban J connectivity index is 1.95. The van der Waals surface area contributed by atoms with Crippen molar-refractivity contribution in [2.45, 2.75) is 32.4 Å². The summed E-state index contributed by atoms with van der Waals surface area (Å²) in [6.07, 6.45) is 4.23. The van der Waals surface area contributed by atoms with Gasteiger partial charge >= 0.3 is 0 Å². The molecule has 76 valence electrons. The highest BCUT2D eigenvalue weighted by molar-refractivity contribution is 5.91. The van der Waals surface area contributed by atoms with Crippen LogP contribution in [0.15, 0.2) is 17.3 Å². The van der Waals surface area contributed by atoms with E-state index < -0.39 is 0 Å². The van der Waals surface area contributed by atoms with E-state index >= 15 is 0 Å². The highest BCUT2D eigenvalue weighted by Gasteiger charge is 2.20. The smallest absolute Gasteiger partial charge is 0.194 e. The van der Waals surface area contributed by atoms with Gasteiger partial charge in [0.2, 0.25) is 0 Å². The third-order valence-electron chi connectivity index (χ3n) is 2.09.